The van der Waals surface area contributed by atoms with Crippen molar-refractivity contribution in [3.8, 4) is 0 Å². The van der Waals surface area contributed by atoms with E-state index < -0.39 is 7.32 Å². The predicted molar refractivity (Wildman–Crippen MR) is 170 cm³/mol. The van der Waals surface area contributed by atoms with Crippen LogP contribution in [-0.2, 0) is 26.3 Å². The Labute approximate surface area is 244 Å². The quantitative estimate of drug-likeness (QED) is 0.154. The van der Waals surface area contributed by atoms with Gasteiger partial charge in [0.2, 0.25) is 0 Å². The SMILES string of the molecule is CC(C)(C)c1ccc(C(CCCCCOB(O)O)(c2ccc(C(C)(C)C)cc2)c2ccc(C(C)(C)C)cc2)cc1. The highest BCUT2D eigenvalue weighted by Crippen LogP contribution is 2.45. The van der Waals surface area contributed by atoms with Crippen LogP contribution in [0, 0.1) is 0 Å². The molecule has 0 radical (unpaired) electrons. The summed E-state index contributed by atoms with van der Waals surface area (Å²) in [6, 6.07) is 27.8. The van der Waals surface area contributed by atoms with E-state index in [9.17, 15) is 0 Å². The van der Waals surface area contributed by atoms with E-state index >= 15 is 0 Å². The second kappa shape index (κ2) is 12.6. The molecular formula is C36H51BO3. The van der Waals surface area contributed by atoms with Crippen molar-refractivity contribution < 1.29 is 14.7 Å². The van der Waals surface area contributed by atoms with Crippen LogP contribution >= 0.6 is 0 Å². The molecular weight excluding hydrogens is 491 g/mol. The highest BCUT2D eigenvalue weighted by molar-refractivity contribution is 6.32. The first-order valence-corrected chi connectivity index (χ1v) is 14.9. The molecule has 0 heterocycles. The minimum atomic E-state index is -1.71. The number of benzene rings is 3. The standard InChI is InChI=1S/C36H51BO3/c1-33(2,3)27-13-19-30(20-14-27)36(25-11-10-12-26-40-37(38)39,31-21-15-28(16-22-31)34(4,5)6)32-23-17-29(18-24-32)35(7,8)9/h13-24,38-39H,10-12,25-26H2,1-9H3. The third-order valence-electron chi connectivity index (χ3n) is 8.19. The van der Waals surface area contributed by atoms with Gasteiger partial charge in [0.15, 0.2) is 0 Å². The molecule has 3 aromatic rings. The molecule has 216 valence electrons. The van der Waals surface area contributed by atoms with E-state index in [1.807, 2.05) is 0 Å². The van der Waals surface area contributed by atoms with Crippen LogP contribution in [0.1, 0.15) is 121 Å². The number of unbranched alkanes of at least 4 members (excludes halogenated alkanes) is 2. The zero-order valence-corrected chi connectivity index (χ0v) is 26.3. The Hall–Kier alpha value is -2.40. The summed E-state index contributed by atoms with van der Waals surface area (Å²) in [6.45, 7) is 20.7. The molecule has 0 amide bonds. The molecule has 2 N–H and O–H groups in total. The Balaban J connectivity index is 2.17. The summed E-state index contributed by atoms with van der Waals surface area (Å²) in [5.74, 6) is 0. The van der Waals surface area contributed by atoms with Crippen molar-refractivity contribution in [3.63, 3.8) is 0 Å². The van der Waals surface area contributed by atoms with E-state index in [4.69, 9.17) is 14.7 Å². The molecule has 0 aliphatic carbocycles. The third-order valence-corrected chi connectivity index (χ3v) is 8.19. The summed E-state index contributed by atoms with van der Waals surface area (Å²) < 4.78 is 4.97. The molecule has 0 atom stereocenters. The monoisotopic (exact) mass is 542 g/mol. The van der Waals surface area contributed by atoms with Gasteiger partial charge in [0.1, 0.15) is 0 Å². The molecule has 3 aromatic carbocycles. The third kappa shape index (κ3) is 7.87. The van der Waals surface area contributed by atoms with E-state index in [1.54, 1.807) is 0 Å². The van der Waals surface area contributed by atoms with Crippen molar-refractivity contribution in [2.24, 2.45) is 0 Å². The zero-order valence-electron chi connectivity index (χ0n) is 26.3. The van der Waals surface area contributed by atoms with Crippen LogP contribution in [0.5, 0.6) is 0 Å². The van der Waals surface area contributed by atoms with Crippen LogP contribution in [0.25, 0.3) is 0 Å². The lowest BCUT2D eigenvalue weighted by atomic mass is 9.65. The van der Waals surface area contributed by atoms with Crippen LogP contribution in [0.4, 0.5) is 0 Å². The molecule has 0 aromatic heterocycles. The highest BCUT2D eigenvalue weighted by atomic mass is 16.6. The van der Waals surface area contributed by atoms with Gasteiger partial charge >= 0.3 is 7.32 Å². The molecule has 0 aliphatic rings. The number of hydrogen-bond donors (Lipinski definition) is 2. The van der Waals surface area contributed by atoms with Gasteiger partial charge in [-0.25, -0.2) is 0 Å². The van der Waals surface area contributed by atoms with Crippen LogP contribution in [-0.4, -0.2) is 24.0 Å². The van der Waals surface area contributed by atoms with E-state index in [2.05, 4.69) is 135 Å². The van der Waals surface area contributed by atoms with Crippen LogP contribution in [0.3, 0.4) is 0 Å². The molecule has 3 rings (SSSR count). The predicted octanol–water partition coefficient (Wildman–Crippen LogP) is 8.46. The van der Waals surface area contributed by atoms with Crippen molar-refractivity contribution >= 4 is 7.32 Å². The van der Waals surface area contributed by atoms with Crippen molar-refractivity contribution in [2.45, 2.75) is 110 Å². The molecule has 4 heteroatoms. The highest BCUT2D eigenvalue weighted by Gasteiger charge is 2.36. The first-order chi connectivity index (χ1) is 18.5. The van der Waals surface area contributed by atoms with Gasteiger partial charge < -0.3 is 14.7 Å². The van der Waals surface area contributed by atoms with Crippen molar-refractivity contribution in [1.29, 1.82) is 0 Å². The van der Waals surface area contributed by atoms with Gasteiger partial charge in [-0.15, -0.1) is 0 Å². The zero-order chi connectivity index (χ0) is 29.8. The van der Waals surface area contributed by atoms with Gasteiger partial charge in [0, 0.05) is 12.0 Å². The van der Waals surface area contributed by atoms with Crippen molar-refractivity contribution in [3.05, 3.63) is 106 Å². The van der Waals surface area contributed by atoms with E-state index in [0.717, 1.165) is 25.7 Å². The lowest BCUT2D eigenvalue weighted by molar-refractivity contribution is 0.181. The first kappa shape index (κ1) is 32.1. The van der Waals surface area contributed by atoms with Gasteiger partial charge in [-0.2, -0.15) is 0 Å². The maximum Gasteiger partial charge on any atom is 0.633 e. The van der Waals surface area contributed by atoms with Gasteiger partial charge in [0.25, 0.3) is 0 Å². The molecule has 0 fully saturated rings. The fourth-order valence-corrected chi connectivity index (χ4v) is 5.55. The Morgan fingerprint density at radius 2 is 0.775 bits per heavy atom. The molecule has 0 bridgehead atoms. The molecule has 0 unspecified atom stereocenters. The second-order valence-corrected chi connectivity index (χ2v) is 14.4. The average molecular weight is 543 g/mol. The maximum absolute atomic E-state index is 9.06. The van der Waals surface area contributed by atoms with E-state index in [-0.39, 0.29) is 21.7 Å². The summed E-state index contributed by atoms with van der Waals surface area (Å²) in [5, 5.41) is 18.1. The largest absolute Gasteiger partial charge is 0.633 e. The van der Waals surface area contributed by atoms with E-state index in [0.29, 0.717) is 6.61 Å². The summed E-state index contributed by atoms with van der Waals surface area (Å²) in [5.41, 5.74) is 7.83. The normalized spacial score (nSPS) is 13.0. The summed E-state index contributed by atoms with van der Waals surface area (Å²) >= 11 is 0. The molecule has 0 aliphatic heterocycles. The maximum atomic E-state index is 9.06. The van der Waals surface area contributed by atoms with Crippen LogP contribution in [0.15, 0.2) is 72.8 Å². The van der Waals surface area contributed by atoms with Gasteiger partial charge in [-0.3, -0.25) is 0 Å². The van der Waals surface area contributed by atoms with E-state index in [1.165, 1.54) is 33.4 Å². The smallest absolute Gasteiger partial charge is 0.402 e. The Morgan fingerprint density at radius 3 is 1.05 bits per heavy atom. The summed E-state index contributed by atoms with van der Waals surface area (Å²) in [6.07, 6.45) is 3.64. The van der Waals surface area contributed by atoms with Gasteiger partial charge in [-0.05, 0) is 62.5 Å². The Bertz CT molecular complexity index is 1050. The molecule has 3 nitrogen and oxygen atoms in total. The fraction of sp³-hybridized carbons (Fsp3) is 0.500. The van der Waals surface area contributed by atoms with Crippen LogP contribution in [0.2, 0.25) is 0 Å². The molecule has 0 spiro atoms. The number of rotatable bonds is 10. The summed E-state index contributed by atoms with van der Waals surface area (Å²) in [7, 11) is -1.71. The minimum absolute atomic E-state index is 0.0845. The second-order valence-electron chi connectivity index (χ2n) is 14.4. The molecule has 40 heavy (non-hydrogen) atoms. The topological polar surface area (TPSA) is 49.7 Å². The number of hydrogen-bond acceptors (Lipinski definition) is 3. The van der Waals surface area contributed by atoms with Crippen LogP contribution < -0.4 is 0 Å². The first-order valence-electron chi connectivity index (χ1n) is 14.9. The molecule has 0 saturated heterocycles. The molecule has 0 saturated carbocycles. The average Bonchev–Trinajstić information content (AvgIpc) is 2.87. The lowest BCUT2D eigenvalue weighted by Gasteiger charge is -2.37. The fourth-order valence-electron chi connectivity index (χ4n) is 5.55. The summed E-state index contributed by atoms with van der Waals surface area (Å²) in [4.78, 5) is 0. The van der Waals surface area contributed by atoms with Crippen molar-refractivity contribution in [2.75, 3.05) is 6.61 Å². The van der Waals surface area contributed by atoms with Gasteiger partial charge in [-0.1, -0.05) is 148 Å². The van der Waals surface area contributed by atoms with Gasteiger partial charge in [0.05, 0.1) is 0 Å². The Kier molecular flexibility index (Phi) is 10.1. The Morgan fingerprint density at radius 1 is 0.475 bits per heavy atom. The minimum Gasteiger partial charge on any atom is -0.402 e. The van der Waals surface area contributed by atoms with Crippen molar-refractivity contribution in [1.82, 2.24) is 0 Å². The lowest BCUT2D eigenvalue weighted by Crippen LogP contribution is -2.30.